The zero-order valence-corrected chi connectivity index (χ0v) is 7.16. The number of rotatable bonds is 3. The maximum atomic E-state index is 10.0. The number of hydrogen-bond donors (Lipinski definition) is 0. The zero-order valence-electron chi connectivity index (χ0n) is 7.16. The van der Waals surface area contributed by atoms with Gasteiger partial charge >= 0.3 is 0 Å². The van der Waals surface area contributed by atoms with Gasteiger partial charge in [-0.2, -0.15) is 0 Å². The van der Waals surface area contributed by atoms with Gasteiger partial charge in [0.1, 0.15) is 6.29 Å². The van der Waals surface area contributed by atoms with E-state index in [0.717, 1.165) is 6.29 Å². The molecule has 0 N–H and O–H groups in total. The van der Waals surface area contributed by atoms with Gasteiger partial charge in [-0.3, -0.25) is 0 Å². The largest absolute Gasteiger partial charge is 0.303 e. The van der Waals surface area contributed by atoms with Crippen LogP contribution in [0.15, 0.2) is 30.3 Å². The molecule has 0 radical (unpaired) electrons. The van der Waals surface area contributed by atoms with Gasteiger partial charge in [0.2, 0.25) is 0 Å². The molecule has 0 bridgehead atoms. The Hall–Kier alpha value is -1.37. The lowest BCUT2D eigenvalue weighted by Gasteiger charge is -1.96. The van der Waals surface area contributed by atoms with E-state index >= 15 is 0 Å². The van der Waals surface area contributed by atoms with Crippen molar-refractivity contribution in [1.82, 2.24) is 0 Å². The highest BCUT2D eigenvalue weighted by Gasteiger charge is 1.89. The Balaban J connectivity index is 2.74. The minimum absolute atomic E-state index is 0.494. The summed E-state index contributed by atoms with van der Waals surface area (Å²) in [5.41, 5.74) is 2.42. The number of benzene rings is 1. The molecule has 0 heterocycles. The van der Waals surface area contributed by atoms with Gasteiger partial charge in [0.25, 0.3) is 0 Å². The van der Waals surface area contributed by atoms with Gasteiger partial charge in [-0.25, -0.2) is 0 Å². The zero-order chi connectivity index (χ0) is 8.81. The van der Waals surface area contributed by atoms with Crippen LogP contribution in [0.2, 0.25) is 0 Å². The molecule has 62 valence electrons. The first-order valence-electron chi connectivity index (χ1n) is 4.00. The van der Waals surface area contributed by atoms with Crippen LogP contribution in [0.3, 0.4) is 0 Å². The molecule has 1 aromatic carbocycles. The summed E-state index contributed by atoms with van der Waals surface area (Å²) in [5, 5.41) is 0. The van der Waals surface area contributed by atoms with Crippen molar-refractivity contribution in [2.45, 2.75) is 13.3 Å². The predicted octanol–water partition coefficient (Wildman–Crippen LogP) is 2.60. The smallest absolute Gasteiger partial charge is 0.123 e. The molecule has 0 saturated heterocycles. The third-order valence-corrected chi connectivity index (χ3v) is 1.72. The summed E-state index contributed by atoms with van der Waals surface area (Å²) in [6.45, 7) is 2.06. The van der Waals surface area contributed by atoms with Crippen molar-refractivity contribution >= 4 is 12.4 Å². The van der Waals surface area contributed by atoms with E-state index in [2.05, 4.69) is 13.0 Å². The molecule has 0 aliphatic heterocycles. The SMILES string of the molecule is Cc1ccccc1/C=C\CC=O. The van der Waals surface area contributed by atoms with E-state index in [9.17, 15) is 4.79 Å². The lowest BCUT2D eigenvalue weighted by molar-refractivity contribution is -0.107. The second-order valence-electron chi connectivity index (χ2n) is 2.66. The van der Waals surface area contributed by atoms with Crippen LogP contribution in [-0.2, 0) is 4.79 Å². The molecule has 0 aliphatic rings. The minimum Gasteiger partial charge on any atom is -0.303 e. The van der Waals surface area contributed by atoms with Crippen molar-refractivity contribution in [2.75, 3.05) is 0 Å². The first kappa shape index (κ1) is 8.72. The summed E-state index contributed by atoms with van der Waals surface area (Å²) < 4.78 is 0. The van der Waals surface area contributed by atoms with Crippen LogP contribution in [0, 0.1) is 6.92 Å². The number of aldehydes is 1. The molecule has 0 saturated carbocycles. The molecule has 1 aromatic rings. The molecule has 1 heteroatoms. The molecule has 0 atom stereocenters. The maximum Gasteiger partial charge on any atom is 0.123 e. The Morgan fingerprint density at radius 1 is 1.33 bits per heavy atom. The standard InChI is InChI=1S/C11H12O/c1-10-6-2-3-7-11(10)8-4-5-9-12/h2-4,6-9H,5H2,1H3/b8-4-. The van der Waals surface area contributed by atoms with Crippen molar-refractivity contribution in [3.8, 4) is 0 Å². The molecule has 1 rings (SSSR count). The highest BCUT2D eigenvalue weighted by Crippen LogP contribution is 2.08. The minimum atomic E-state index is 0.494. The Labute approximate surface area is 72.7 Å². The summed E-state index contributed by atoms with van der Waals surface area (Å²) in [7, 11) is 0. The molecule has 1 nitrogen and oxygen atoms in total. The summed E-state index contributed by atoms with van der Waals surface area (Å²) in [4.78, 5) is 10.0. The van der Waals surface area contributed by atoms with Gasteiger partial charge in [-0.1, -0.05) is 36.4 Å². The van der Waals surface area contributed by atoms with Crippen molar-refractivity contribution in [3.63, 3.8) is 0 Å². The van der Waals surface area contributed by atoms with E-state index < -0.39 is 0 Å². The topological polar surface area (TPSA) is 17.1 Å². The van der Waals surface area contributed by atoms with Gasteiger partial charge in [0.05, 0.1) is 0 Å². The lowest BCUT2D eigenvalue weighted by atomic mass is 10.1. The molecule has 12 heavy (non-hydrogen) atoms. The Bertz CT molecular complexity index is 287. The summed E-state index contributed by atoms with van der Waals surface area (Å²) in [6, 6.07) is 8.09. The maximum absolute atomic E-state index is 10.0. The number of allylic oxidation sites excluding steroid dienone is 1. The molecule has 0 aliphatic carbocycles. The second-order valence-corrected chi connectivity index (χ2v) is 2.66. The van der Waals surface area contributed by atoms with Gasteiger partial charge in [-0.15, -0.1) is 0 Å². The second kappa shape index (κ2) is 4.50. The van der Waals surface area contributed by atoms with E-state index in [4.69, 9.17) is 0 Å². The van der Waals surface area contributed by atoms with Crippen molar-refractivity contribution in [2.24, 2.45) is 0 Å². The molecule has 0 aromatic heterocycles. The van der Waals surface area contributed by atoms with Crippen molar-refractivity contribution in [3.05, 3.63) is 41.5 Å². The number of aryl methyl sites for hydroxylation is 1. The Morgan fingerprint density at radius 2 is 2.08 bits per heavy atom. The third-order valence-electron chi connectivity index (χ3n) is 1.72. The quantitative estimate of drug-likeness (QED) is 0.621. The number of carbonyl (C=O) groups excluding carboxylic acids is 1. The van der Waals surface area contributed by atoms with E-state index in [1.54, 1.807) is 0 Å². The van der Waals surface area contributed by atoms with Crippen LogP contribution in [0.5, 0.6) is 0 Å². The Morgan fingerprint density at radius 3 is 2.75 bits per heavy atom. The lowest BCUT2D eigenvalue weighted by Crippen LogP contribution is -1.77. The molecule has 0 fully saturated rings. The van der Waals surface area contributed by atoms with Gasteiger partial charge < -0.3 is 4.79 Å². The fourth-order valence-corrected chi connectivity index (χ4v) is 1.02. The van der Waals surface area contributed by atoms with Gasteiger partial charge in [0, 0.05) is 6.42 Å². The molecule has 0 spiro atoms. The first-order valence-corrected chi connectivity index (χ1v) is 4.00. The molecule has 0 unspecified atom stereocenters. The van der Waals surface area contributed by atoms with Crippen LogP contribution in [0.25, 0.3) is 6.08 Å². The monoisotopic (exact) mass is 160 g/mol. The highest BCUT2D eigenvalue weighted by molar-refractivity contribution is 5.59. The van der Waals surface area contributed by atoms with Crippen molar-refractivity contribution < 1.29 is 4.79 Å². The first-order chi connectivity index (χ1) is 5.84. The fourth-order valence-electron chi connectivity index (χ4n) is 1.02. The van der Waals surface area contributed by atoms with E-state index in [1.165, 1.54) is 11.1 Å². The average Bonchev–Trinajstić information content (AvgIpc) is 2.09. The number of hydrogen-bond acceptors (Lipinski definition) is 1. The van der Waals surface area contributed by atoms with Crippen molar-refractivity contribution in [1.29, 1.82) is 0 Å². The fraction of sp³-hybridized carbons (Fsp3) is 0.182. The average molecular weight is 160 g/mol. The predicted molar refractivity (Wildman–Crippen MR) is 50.9 cm³/mol. The molecule has 0 amide bonds. The highest BCUT2D eigenvalue weighted by atomic mass is 16.1. The molecular formula is C11H12O. The third kappa shape index (κ3) is 2.35. The van der Waals surface area contributed by atoms with Crippen LogP contribution in [0.1, 0.15) is 17.5 Å². The van der Waals surface area contributed by atoms with Crippen LogP contribution < -0.4 is 0 Å². The number of carbonyl (C=O) groups is 1. The Kier molecular flexibility index (Phi) is 3.27. The van der Waals surface area contributed by atoms with E-state index in [0.29, 0.717) is 6.42 Å². The summed E-state index contributed by atoms with van der Waals surface area (Å²) in [6.07, 6.45) is 5.24. The van der Waals surface area contributed by atoms with Crippen LogP contribution in [0.4, 0.5) is 0 Å². The van der Waals surface area contributed by atoms with Gasteiger partial charge in [-0.05, 0) is 18.1 Å². The van der Waals surface area contributed by atoms with Gasteiger partial charge in [0.15, 0.2) is 0 Å². The summed E-state index contributed by atoms with van der Waals surface area (Å²) in [5.74, 6) is 0. The van der Waals surface area contributed by atoms with E-state index in [1.807, 2.05) is 30.4 Å². The van der Waals surface area contributed by atoms with Crippen LogP contribution >= 0.6 is 0 Å². The van der Waals surface area contributed by atoms with E-state index in [-0.39, 0.29) is 0 Å². The normalized spacial score (nSPS) is 10.4. The molecular weight excluding hydrogens is 148 g/mol. The summed E-state index contributed by atoms with van der Waals surface area (Å²) >= 11 is 0. The van der Waals surface area contributed by atoms with Crippen LogP contribution in [-0.4, -0.2) is 6.29 Å².